The van der Waals surface area contributed by atoms with E-state index < -0.39 is 0 Å². The van der Waals surface area contributed by atoms with Crippen LogP contribution in [0, 0.1) is 0 Å². The average molecular weight is 401 g/mol. The van der Waals surface area contributed by atoms with Gasteiger partial charge in [-0.3, -0.25) is 4.90 Å². The van der Waals surface area contributed by atoms with E-state index in [0.717, 1.165) is 41.1 Å². The molecule has 2 aromatic rings. The minimum atomic E-state index is -0.243. The Morgan fingerprint density at radius 2 is 1.48 bits per heavy atom. The van der Waals surface area contributed by atoms with Gasteiger partial charge in [0.15, 0.2) is 0 Å². The third kappa shape index (κ3) is 4.08. The zero-order chi connectivity index (χ0) is 21.6. The number of phenolic OH excluding ortho intramolecular Hbond substituents is 1. The van der Waals surface area contributed by atoms with E-state index in [0.29, 0.717) is 19.0 Å². The molecule has 1 aromatic heterocycles. The lowest BCUT2D eigenvalue weighted by atomic mass is 9.78. The molecule has 2 heterocycles. The van der Waals surface area contributed by atoms with Crippen molar-refractivity contribution in [1.29, 1.82) is 0 Å². The maximum atomic E-state index is 11.0. The molecular formula is C24H36N2O3. The number of phenols is 1. The second-order valence-corrected chi connectivity index (χ2v) is 10.5. The third-order valence-electron chi connectivity index (χ3n) is 6.10. The summed E-state index contributed by atoms with van der Waals surface area (Å²) in [5.41, 5.74) is 3.04. The van der Waals surface area contributed by atoms with Crippen LogP contribution in [0.25, 0.3) is 11.3 Å². The summed E-state index contributed by atoms with van der Waals surface area (Å²) in [4.78, 5) is 7.13. The van der Waals surface area contributed by atoms with Crippen molar-refractivity contribution >= 4 is 0 Å². The summed E-state index contributed by atoms with van der Waals surface area (Å²) in [5, 5.41) is 11.0. The number of benzene rings is 1. The standard InChI is InChI=1S/C24H36N2O3/c1-22(2,3)17-13-16(14-18(20(17)27)23(4,5)6)19-15-29-21(25-19)24(26(7)8)9-11-28-12-10-24/h13-15,27H,9-12H2,1-8H3. The Morgan fingerprint density at radius 1 is 0.966 bits per heavy atom. The molecule has 0 atom stereocenters. The molecule has 1 aliphatic rings. The van der Waals surface area contributed by atoms with Gasteiger partial charge in [-0.05, 0) is 49.9 Å². The predicted octanol–water partition coefficient (Wildman–Crippen LogP) is 5.21. The second kappa shape index (κ2) is 7.44. The zero-order valence-electron chi connectivity index (χ0n) is 19.2. The summed E-state index contributed by atoms with van der Waals surface area (Å²) in [7, 11) is 4.15. The number of oxazole rings is 1. The number of nitrogens with zero attached hydrogens (tertiary/aromatic N) is 2. The minimum Gasteiger partial charge on any atom is -0.507 e. The molecule has 0 amide bonds. The van der Waals surface area contributed by atoms with Gasteiger partial charge in [0.05, 0.1) is 0 Å². The first-order valence-corrected chi connectivity index (χ1v) is 10.5. The molecule has 0 saturated carbocycles. The van der Waals surface area contributed by atoms with E-state index in [-0.39, 0.29) is 16.4 Å². The summed E-state index contributed by atoms with van der Waals surface area (Å²) in [5.74, 6) is 1.12. The summed E-state index contributed by atoms with van der Waals surface area (Å²) < 4.78 is 11.6. The molecule has 1 aliphatic heterocycles. The smallest absolute Gasteiger partial charge is 0.215 e. The Kier molecular flexibility index (Phi) is 5.61. The molecule has 0 radical (unpaired) electrons. The van der Waals surface area contributed by atoms with Gasteiger partial charge in [-0.15, -0.1) is 0 Å². The summed E-state index contributed by atoms with van der Waals surface area (Å²) in [6.45, 7) is 14.1. The van der Waals surface area contributed by atoms with Crippen molar-refractivity contribution in [3.05, 3.63) is 35.4 Å². The molecule has 1 N–H and O–H groups in total. The molecule has 0 unspecified atom stereocenters. The van der Waals surface area contributed by atoms with Gasteiger partial charge < -0.3 is 14.3 Å². The Morgan fingerprint density at radius 3 is 1.93 bits per heavy atom. The van der Waals surface area contributed by atoms with Crippen LogP contribution in [-0.4, -0.2) is 42.3 Å². The number of rotatable bonds is 3. The SMILES string of the molecule is CN(C)C1(c2nc(-c3cc(C(C)(C)C)c(O)c(C(C)(C)C)c3)co2)CCOCC1. The van der Waals surface area contributed by atoms with E-state index >= 15 is 0 Å². The van der Waals surface area contributed by atoms with Crippen molar-refractivity contribution in [2.24, 2.45) is 0 Å². The lowest BCUT2D eigenvalue weighted by Gasteiger charge is -2.39. The highest BCUT2D eigenvalue weighted by Gasteiger charge is 2.41. The molecule has 1 aromatic carbocycles. The van der Waals surface area contributed by atoms with Crippen LogP contribution in [0.1, 0.15) is 71.4 Å². The van der Waals surface area contributed by atoms with Crippen LogP contribution in [0.2, 0.25) is 0 Å². The van der Waals surface area contributed by atoms with Crippen LogP contribution in [0.4, 0.5) is 0 Å². The van der Waals surface area contributed by atoms with Crippen LogP contribution in [0.15, 0.2) is 22.8 Å². The first-order valence-electron chi connectivity index (χ1n) is 10.5. The number of hydrogen-bond acceptors (Lipinski definition) is 5. The van der Waals surface area contributed by atoms with Gasteiger partial charge in [-0.25, -0.2) is 4.98 Å². The lowest BCUT2D eigenvalue weighted by molar-refractivity contribution is -0.0245. The van der Waals surface area contributed by atoms with Crippen LogP contribution in [0.3, 0.4) is 0 Å². The Bertz CT molecular complexity index is 828. The molecule has 3 rings (SSSR count). The maximum Gasteiger partial charge on any atom is 0.215 e. The fraction of sp³-hybridized carbons (Fsp3) is 0.625. The van der Waals surface area contributed by atoms with E-state index in [9.17, 15) is 5.11 Å². The molecule has 1 fully saturated rings. The number of hydrogen-bond donors (Lipinski definition) is 1. The quantitative estimate of drug-likeness (QED) is 0.766. The number of aromatic nitrogens is 1. The van der Waals surface area contributed by atoms with Gasteiger partial charge in [0, 0.05) is 29.9 Å². The Balaban J connectivity index is 2.13. The first kappa shape index (κ1) is 21.8. The average Bonchev–Trinajstić information content (AvgIpc) is 3.11. The predicted molar refractivity (Wildman–Crippen MR) is 116 cm³/mol. The molecule has 5 nitrogen and oxygen atoms in total. The monoisotopic (exact) mass is 400 g/mol. The van der Waals surface area contributed by atoms with Crippen LogP contribution < -0.4 is 0 Å². The summed E-state index contributed by atoms with van der Waals surface area (Å²) in [6.07, 6.45) is 3.47. The van der Waals surface area contributed by atoms with E-state index in [1.807, 2.05) is 0 Å². The van der Waals surface area contributed by atoms with Gasteiger partial charge in [0.25, 0.3) is 0 Å². The molecule has 29 heavy (non-hydrogen) atoms. The highest BCUT2D eigenvalue weighted by molar-refractivity contribution is 5.65. The van der Waals surface area contributed by atoms with Crippen molar-refractivity contribution in [2.75, 3.05) is 27.3 Å². The van der Waals surface area contributed by atoms with Crippen molar-refractivity contribution in [1.82, 2.24) is 9.88 Å². The first-order chi connectivity index (χ1) is 13.4. The number of aromatic hydroxyl groups is 1. The molecule has 160 valence electrons. The van der Waals surface area contributed by atoms with Gasteiger partial charge in [-0.2, -0.15) is 0 Å². The van der Waals surface area contributed by atoms with Gasteiger partial charge in [0.1, 0.15) is 23.2 Å². The molecule has 1 saturated heterocycles. The van der Waals surface area contributed by atoms with Crippen LogP contribution in [-0.2, 0) is 21.1 Å². The van der Waals surface area contributed by atoms with Crippen LogP contribution in [0.5, 0.6) is 5.75 Å². The normalized spacial score (nSPS) is 17.7. The zero-order valence-corrected chi connectivity index (χ0v) is 19.2. The van der Waals surface area contributed by atoms with E-state index in [1.54, 1.807) is 6.26 Å². The van der Waals surface area contributed by atoms with E-state index in [4.69, 9.17) is 14.1 Å². The van der Waals surface area contributed by atoms with Crippen molar-refractivity contribution < 1.29 is 14.3 Å². The topological polar surface area (TPSA) is 58.7 Å². The lowest BCUT2D eigenvalue weighted by Crippen LogP contribution is -2.46. The third-order valence-corrected chi connectivity index (χ3v) is 6.10. The van der Waals surface area contributed by atoms with Gasteiger partial charge in [0.2, 0.25) is 5.89 Å². The summed E-state index contributed by atoms with van der Waals surface area (Å²) >= 11 is 0. The Labute approximate surface area is 175 Å². The van der Waals surface area contributed by atoms with Crippen molar-refractivity contribution in [3.63, 3.8) is 0 Å². The maximum absolute atomic E-state index is 11.0. The highest BCUT2D eigenvalue weighted by Crippen LogP contribution is 2.43. The van der Waals surface area contributed by atoms with Crippen molar-refractivity contribution in [3.8, 4) is 17.0 Å². The summed E-state index contributed by atoms with van der Waals surface area (Å²) in [6, 6.07) is 4.11. The fourth-order valence-corrected chi connectivity index (χ4v) is 4.11. The van der Waals surface area contributed by atoms with Crippen LogP contribution >= 0.6 is 0 Å². The second-order valence-electron chi connectivity index (χ2n) is 10.5. The van der Waals surface area contributed by atoms with Gasteiger partial charge in [-0.1, -0.05) is 41.5 Å². The largest absolute Gasteiger partial charge is 0.507 e. The molecule has 5 heteroatoms. The fourth-order valence-electron chi connectivity index (χ4n) is 4.11. The minimum absolute atomic E-state index is 0.182. The van der Waals surface area contributed by atoms with Gasteiger partial charge >= 0.3 is 0 Å². The van der Waals surface area contributed by atoms with Crippen molar-refractivity contribution in [2.45, 2.75) is 70.8 Å². The van der Waals surface area contributed by atoms with E-state index in [2.05, 4.69) is 72.7 Å². The molecule has 0 spiro atoms. The van der Waals surface area contributed by atoms with E-state index in [1.165, 1.54) is 0 Å². The highest BCUT2D eigenvalue weighted by atomic mass is 16.5. The molecule has 0 aliphatic carbocycles. The molecule has 0 bridgehead atoms. The molecular weight excluding hydrogens is 364 g/mol. The number of ether oxygens (including phenoxy) is 1. The Hall–Kier alpha value is -1.85.